The van der Waals surface area contributed by atoms with Crippen molar-refractivity contribution in [1.82, 2.24) is 14.8 Å². The Balaban J connectivity index is 1.72. The van der Waals surface area contributed by atoms with E-state index in [1.54, 1.807) is 6.92 Å². The number of anilines is 1. The monoisotopic (exact) mass is 404 g/mol. The summed E-state index contributed by atoms with van der Waals surface area (Å²) in [6.07, 6.45) is 2.27. The number of carbonyl (C=O) groups excluding carboxylic acids is 1. The van der Waals surface area contributed by atoms with E-state index in [0.29, 0.717) is 19.7 Å². The molecule has 0 aliphatic carbocycles. The molecule has 1 aromatic heterocycles. The molecular formula is C20H28N4O3S. The van der Waals surface area contributed by atoms with E-state index >= 15 is 0 Å². The molecule has 1 fully saturated rings. The molecule has 1 aliphatic rings. The first kappa shape index (κ1) is 20.7. The number of aromatic nitrogens is 3. The fourth-order valence-electron chi connectivity index (χ4n) is 3.24. The minimum Gasteiger partial charge on any atom is -0.465 e. The largest absolute Gasteiger partial charge is 0.465 e. The molecule has 28 heavy (non-hydrogen) atoms. The van der Waals surface area contributed by atoms with Crippen molar-refractivity contribution in [1.29, 1.82) is 0 Å². The Morgan fingerprint density at radius 3 is 2.96 bits per heavy atom. The molecule has 1 N–H and O–H groups in total. The maximum absolute atomic E-state index is 11.7. The van der Waals surface area contributed by atoms with Crippen LogP contribution in [0.25, 0.3) is 0 Å². The van der Waals surface area contributed by atoms with Gasteiger partial charge in [-0.15, -0.1) is 10.2 Å². The van der Waals surface area contributed by atoms with Crippen LogP contribution >= 0.6 is 11.8 Å². The number of ether oxygens (including phenoxy) is 2. The van der Waals surface area contributed by atoms with E-state index in [1.807, 2.05) is 0 Å². The van der Waals surface area contributed by atoms with Crippen LogP contribution in [-0.4, -0.2) is 45.8 Å². The van der Waals surface area contributed by atoms with E-state index in [0.717, 1.165) is 36.1 Å². The van der Waals surface area contributed by atoms with Gasteiger partial charge in [0.25, 0.3) is 0 Å². The number of rotatable bonds is 9. The highest BCUT2D eigenvalue weighted by atomic mass is 32.2. The van der Waals surface area contributed by atoms with Crippen molar-refractivity contribution in [3.05, 3.63) is 35.2 Å². The standard InChI is InChI=1S/C20H28N4O3S/c1-4-26-19(25)13-28-20-23-22-18(24(20)12-16-6-5-9-27-16)11-21-17-8-7-14(2)10-15(17)3/h7-8,10,16,21H,4-6,9,11-13H2,1-3H3/t16-/m0/s1. The highest BCUT2D eigenvalue weighted by Crippen LogP contribution is 2.23. The van der Waals surface area contributed by atoms with Crippen LogP contribution in [0.2, 0.25) is 0 Å². The molecule has 7 nitrogen and oxygen atoms in total. The molecule has 1 atom stereocenters. The minimum absolute atomic E-state index is 0.165. The summed E-state index contributed by atoms with van der Waals surface area (Å²) in [6, 6.07) is 6.33. The number of hydrogen-bond donors (Lipinski definition) is 1. The number of benzene rings is 1. The lowest BCUT2D eigenvalue weighted by Gasteiger charge is -2.15. The van der Waals surface area contributed by atoms with Crippen LogP contribution in [0.15, 0.2) is 23.4 Å². The smallest absolute Gasteiger partial charge is 0.316 e. The summed E-state index contributed by atoms with van der Waals surface area (Å²) in [5.41, 5.74) is 3.52. The summed E-state index contributed by atoms with van der Waals surface area (Å²) >= 11 is 1.36. The van der Waals surface area contributed by atoms with Gasteiger partial charge in [-0.05, 0) is 45.2 Å². The van der Waals surface area contributed by atoms with Gasteiger partial charge in [0, 0.05) is 12.3 Å². The van der Waals surface area contributed by atoms with Crippen molar-refractivity contribution in [2.75, 3.05) is 24.3 Å². The fraction of sp³-hybridized carbons (Fsp3) is 0.550. The SMILES string of the molecule is CCOC(=O)CSc1nnc(CNc2ccc(C)cc2C)n1C[C@@H]1CCCO1. The lowest BCUT2D eigenvalue weighted by Crippen LogP contribution is -2.19. The van der Waals surface area contributed by atoms with Gasteiger partial charge in [0.15, 0.2) is 11.0 Å². The Labute approximate surface area is 170 Å². The molecule has 1 saturated heterocycles. The number of nitrogens with one attached hydrogen (secondary N) is 1. The molecule has 0 radical (unpaired) electrons. The van der Waals surface area contributed by atoms with Crippen molar-refractivity contribution in [2.45, 2.75) is 58.0 Å². The molecule has 2 aromatic rings. The molecular weight excluding hydrogens is 376 g/mol. The van der Waals surface area contributed by atoms with Crippen molar-refractivity contribution < 1.29 is 14.3 Å². The van der Waals surface area contributed by atoms with Gasteiger partial charge in [0.2, 0.25) is 0 Å². The molecule has 1 aromatic carbocycles. The molecule has 2 heterocycles. The van der Waals surface area contributed by atoms with Crippen molar-refractivity contribution >= 4 is 23.4 Å². The first-order valence-electron chi connectivity index (χ1n) is 9.70. The lowest BCUT2D eigenvalue weighted by atomic mass is 10.1. The number of aryl methyl sites for hydroxylation is 2. The third kappa shape index (κ3) is 5.48. The summed E-state index contributed by atoms with van der Waals surface area (Å²) in [5, 5.41) is 12.9. The van der Waals surface area contributed by atoms with Crippen molar-refractivity contribution in [3.8, 4) is 0 Å². The van der Waals surface area contributed by atoms with Gasteiger partial charge in [-0.25, -0.2) is 0 Å². The van der Waals surface area contributed by atoms with Crippen molar-refractivity contribution in [3.63, 3.8) is 0 Å². The van der Waals surface area contributed by atoms with Crippen LogP contribution < -0.4 is 5.32 Å². The average molecular weight is 405 g/mol. The Morgan fingerprint density at radius 2 is 2.25 bits per heavy atom. The van der Waals surface area contributed by atoms with Crippen LogP contribution in [0.5, 0.6) is 0 Å². The van der Waals surface area contributed by atoms with E-state index in [-0.39, 0.29) is 17.8 Å². The molecule has 0 amide bonds. The second kappa shape index (κ2) is 9.93. The highest BCUT2D eigenvalue weighted by Gasteiger charge is 2.21. The second-order valence-electron chi connectivity index (χ2n) is 6.91. The second-order valence-corrected chi connectivity index (χ2v) is 7.85. The van der Waals surface area contributed by atoms with E-state index in [9.17, 15) is 4.79 Å². The zero-order valence-corrected chi connectivity index (χ0v) is 17.6. The molecule has 0 unspecified atom stereocenters. The summed E-state index contributed by atoms with van der Waals surface area (Å²) in [6.45, 7) is 8.42. The van der Waals surface area contributed by atoms with Gasteiger partial charge >= 0.3 is 5.97 Å². The van der Waals surface area contributed by atoms with Crippen LogP contribution in [0.3, 0.4) is 0 Å². The first-order valence-corrected chi connectivity index (χ1v) is 10.7. The van der Waals surface area contributed by atoms with Crippen LogP contribution in [0.4, 0.5) is 5.69 Å². The number of thioether (sulfide) groups is 1. The van der Waals surface area contributed by atoms with Crippen LogP contribution in [0.1, 0.15) is 36.7 Å². The number of carbonyl (C=O) groups is 1. The van der Waals surface area contributed by atoms with Crippen LogP contribution in [-0.2, 0) is 27.4 Å². The van der Waals surface area contributed by atoms with Gasteiger partial charge in [-0.3, -0.25) is 4.79 Å². The van der Waals surface area contributed by atoms with Crippen LogP contribution in [0, 0.1) is 13.8 Å². The Hall–Kier alpha value is -2.06. The maximum Gasteiger partial charge on any atom is 0.316 e. The normalized spacial score (nSPS) is 16.3. The number of hydrogen-bond acceptors (Lipinski definition) is 7. The Kier molecular flexibility index (Phi) is 7.33. The summed E-state index contributed by atoms with van der Waals surface area (Å²) in [4.78, 5) is 11.7. The fourth-order valence-corrected chi connectivity index (χ4v) is 4.01. The van der Waals surface area contributed by atoms with Gasteiger partial charge in [0.05, 0.1) is 31.6 Å². The minimum atomic E-state index is -0.242. The zero-order chi connectivity index (χ0) is 19.9. The number of esters is 1. The first-order chi connectivity index (χ1) is 13.6. The van der Waals surface area contributed by atoms with Crippen molar-refractivity contribution in [2.24, 2.45) is 0 Å². The number of nitrogens with zero attached hydrogens (tertiary/aromatic N) is 3. The van der Waals surface area contributed by atoms with E-state index in [2.05, 4.69) is 52.1 Å². The topological polar surface area (TPSA) is 78.3 Å². The third-order valence-electron chi connectivity index (χ3n) is 4.65. The van der Waals surface area contributed by atoms with Gasteiger partial charge in [0.1, 0.15) is 0 Å². The quantitative estimate of drug-likeness (QED) is 0.507. The maximum atomic E-state index is 11.7. The Morgan fingerprint density at radius 1 is 1.39 bits per heavy atom. The molecule has 8 heteroatoms. The van der Waals surface area contributed by atoms with Gasteiger partial charge in [-0.2, -0.15) is 0 Å². The molecule has 152 valence electrons. The summed E-state index contributed by atoms with van der Waals surface area (Å²) in [5.74, 6) is 0.818. The zero-order valence-electron chi connectivity index (χ0n) is 16.7. The summed E-state index contributed by atoms with van der Waals surface area (Å²) in [7, 11) is 0. The Bertz CT molecular complexity index is 803. The van der Waals surface area contributed by atoms with E-state index in [1.165, 1.54) is 22.9 Å². The van der Waals surface area contributed by atoms with E-state index in [4.69, 9.17) is 9.47 Å². The van der Waals surface area contributed by atoms with Gasteiger partial charge in [-0.1, -0.05) is 29.5 Å². The molecule has 0 bridgehead atoms. The molecule has 0 saturated carbocycles. The lowest BCUT2D eigenvalue weighted by molar-refractivity contribution is -0.139. The molecule has 1 aliphatic heterocycles. The molecule has 0 spiro atoms. The highest BCUT2D eigenvalue weighted by molar-refractivity contribution is 7.99. The third-order valence-corrected chi connectivity index (χ3v) is 5.59. The van der Waals surface area contributed by atoms with E-state index < -0.39 is 0 Å². The molecule has 3 rings (SSSR count). The predicted octanol–water partition coefficient (Wildman–Crippen LogP) is 3.34. The van der Waals surface area contributed by atoms with Gasteiger partial charge < -0.3 is 19.4 Å². The predicted molar refractivity (Wildman–Crippen MR) is 110 cm³/mol. The average Bonchev–Trinajstić information content (AvgIpc) is 3.30. The summed E-state index contributed by atoms with van der Waals surface area (Å²) < 4.78 is 12.9.